The number of fused-ring (bicyclic) bond motifs is 1. The SMILES string of the molecule is CCc1ccc2cc(C3CCCCC3)[s+](C(F)(F)F)c2c1.O=S(=O)([O-])C(F)(F)F. The van der Waals surface area contributed by atoms with Crippen molar-refractivity contribution >= 4 is 30.7 Å². The largest absolute Gasteiger partial charge is 0.741 e. The Morgan fingerprint density at radius 1 is 1.03 bits per heavy atom. The van der Waals surface area contributed by atoms with Crippen LogP contribution in [-0.2, 0) is 22.0 Å². The molecule has 1 aliphatic rings. The van der Waals surface area contributed by atoms with Crippen LogP contribution in [0.5, 0.6) is 0 Å². The van der Waals surface area contributed by atoms with E-state index in [4.69, 9.17) is 13.0 Å². The van der Waals surface area contributed by atoms with Gasteiger partial charge in [-0.3, -0.25) is 0 Å². The van der Waals surface area contributed by atoms with Crippen LogP contribution in [0.4, 0.5) is 26.3 Å². The molecule has 3 nitrogen and oxygen atoms in total. The van der Waals surface area contributed by atoms with Crippen molar-refractivity contribution < 1.29 is 39.3 Å². The lowest BCUT2D eigenvalue weighted by Gasteiger charge is -2.18. The van der Waals surface area contributed by atoms with Crippen LogP contribution in [0.1, 0.15) is 55.4 Å². The summed E-state index contributed by atoms with van der Waals surface area (Å²) in [5.41, 5.74) is -8.80. The molecule has 0 amide bonds. The van der Waals surface area contributed by atoms with Crippen LogP contribution in [-0.4, -0.2) is 18.5 Å². The van der Waals surface area contributed by atoms with Gasteiger partial charge in [0, 0.05) is 23.4 Å². The van der Waals surface area contributed by atoms with Crippen LogP contribution in [0.2, 0.25) is 0 Å². The maximum absolute atomic E-state index is 13.7. The minimum absolute atomic E-state index is 0.126. The summed E-state index contributed by atoms with van der Waals surface area (Å²) < 4.78 is 100. The zero-order valence-electron chi connectivity index (χ0n) is 15.4. The van der Waals surface area contributed by atoms with Gasteiger partial charge >= 0.3 is 11.0 Å². The van der Waals surface area contributed by atoms with Crippen molar-refractivity contribution in [2.75, 3.05) is 0 Å². The number of hydrogen-bond acceptors (Lipinski definition) is 3. The van der Waals surface area contributed by atoms with E-state index < -0.39 is 31.6 Å². The Hall–Kier alpha value is -1.33. The highest BCUT2D eigenvalue weighted by atomic mass is 32.2. The van der Waals surface area contributed by atoms with Gasteiger partial charge in [0.2, 0.25) is 0 Å². The Labute approximate surface area is 167 Å². The van der Waals surface area contributed by atoms with Crippen LogP contribution in [0, 0.1) is 0 Å². The molecule has 1 saturated carbocycles. The molecule has 0 N–H and O–H groups in total. The molecule has 3 rings (SSSR count). The molecule has 0 saturated heterocycles. The predicted octanol–water partition coefficient (Wildman–Crippen LogP) is 6.73. The second kappa shape index (κ2) is 8.81. The third-order valence-corrected chi connectivity index (χ3v) is 7.51. The van der Waals surface area contributed by atoms with Gasteiger partial charge in [-0.2, -0.15) is 13.2 Å². The van der Waals surface area contributed by atoms with Gasteiger partial charge in [-0.05, 0) is 30.9 Å². The number of thiophene rings is 1. The molecule has 1 aromatic carbocycles. The first kappa shape index (κ1) is 23.9. The fourth-order valence-corrected chi connectivity index (χ4v) is 5.58. The van der Waals surface area contributed by atoms with Crippen LogP contribution in [0.25, 0.3) is 10.1 Å². The topological polar surface area (TPSA) is 57.2 Å². The zero-order chi connectivity index (χ0) is 22.0. The van der Waals surface area contributed by atoms with Crippen molar-refractivity contribution in [3.05, 3.63) is 34.7 Å². The highest BCUT2D eigenvalue weighted by Crippen LogP contribution is 2.55. The van der Waals surface area contributed by atoms with Crippen LogP contribution in [0.15, 0.2) is 24.3 Å². The van der Waals surface area contributed by atoms with Gasteiger partial charge in [0.05, 0.1) is 10.5 Å². The summed E-state index contributed by atoms with van der Waals surface area (Å²) in [5, 5.41) is 0.786. The average Bonchev–Trinajstić information content (AvgIpc) is 3.00. The minimum Gasteiger partial charge on any atom is -0.741 e. The third kappa shape index (κ3) is 5.85. The summed E-state index contributed by atoms with van der Waals surface area (Å²) >= 11 is 0. The first-order valence-corrected chi connectivity index (χ1v) is 11.6. The van der Waals surface area contributed by atoms with Gasteiger partial charge < -0.3 is 4.55 Å². The Morgan fingerprint density at radius 3 is 2.03 bits per heavy atom. The number of alkyl halides is 6. The van der Waals surface area contributed by atoms with E-state index in [0.29, 0.717) is 9.58 Å². The van der Waals surface area contributed by atoms with Crippen molar-refractivity contribution in [1.29, 1.82) is 0 Å². The van der Waals surface area contributed by atoms with E-state index in [2.05, 4.69) is 0 Å². The van der Waals surface area contributed by atoms with Gasteiger partial charge in [0.15, 0.2) is 19.7 Å². The van der Waals surface area contributed by atoms with E-state index >= 15 is 0 Å². The number of rotatable bonds is 2. The molecule has 0 aliphatic heterocycles. The van der Waals surface area contributed by atoms with E-state index in [1.807, 2.05) is 25.1 Å². The maximum Gasteiger partial charge on any atom is 0.600 e. The zero-order valence-corrected chi connectivity index (χ0v) is 17.1. The van der Waals surface area contributed by atoms with Crippen molar-refractivity contribution in [3.63, 3.8) is 0 Å². The first-order valence-electron chi connectivity index (χ1n) is 8.93. The fourth-order valence-electron chi connectivity index (χ4n) is 3.36. The van der Waals surface area contributed by atoms with Gasteiger partial charge in [0.25, 0.3) is 0 Å². The van der Waals surface area contributed by atoms with Crippen molar-refractivity contribution in [3.8, 4) is 0 Å². The number of benzene rings is 1. The summed E-state index contributed by atoms with van der Waals surface area (Å²) in [7, 11) is -7.80. The number of hydrogen-bond donors (Lipinski definition) is 0. The number of aryl methyl sites for hydroxylation is 1. The summed E-state index contributed by atoms with van der Waals surface area (Å²) in [4.78, 5) is 0.644. The smallest absolute Gasteiger partial charge is 0.600 e. The number of halogens is 6. The Kier molecular flexibility index (Phi) is 7.27. The molecule has 0 radical (unpaired) electrons. The van der Waals surface area contributed by atoms with Crippen LogP contribution >= 0.6 is 10.5 Å². The standard InChI is InChI=1S/C17H20F3S.CHF3O3S/c1-2-12-8-9-14-11-16(13-6-4-3-5-7-13)21(15(14)10-12)17(18,19)20;2-1(3,4)8(5,6)7/h8-11,13H,2-7H2,1H3;(H,5,6,7)/q+1;/p-1. The molecule has 2 aromatic rings. The quantitative estimate of drug-likeness (QED) is 0.215. The minimum atomic E-state index is -6.09. The molecule has 29 heavy (non-hydrogen) atoms. The van der Waals surface area contributed by atoms with Crippen molar-refractivity contribution in [2.24, 2.45) is 0 Å². The molecule has 1 heterocycles. The molecule has 164 valence electrons. The van der Waals surface area contributed by atoms with Crippen molar-refractivity contribution in [2.45, 2.75) is 62.4 Å². The molecule has 1 aromatic heterocycles. The molecule has 0 bridgehead atoms. The normalized spacial score (nSPS) is 17.2. The van der Waals surface area contributed by atoms with Gasteiger partial charge in [-0.1, -0.05) is 32.3 Å². The Morgan fingerprint density at radius 2 is 1.59 bits per heavy atom. The Bertz CT molecular complexity index is 939. The second-order valence-corrected chi connectivity index (χ2v) is 10.1. The molecular formula is C18H20F6O3S2. The third-order valence-electron chi connectivity index (χ3n) is 4.76. The molecule has 11 heteroatoms. The first-order chi connectivity index (χ1) is 13.3. The lowest BCUT2D eigenvalue weighted by atomic mass is 9.88. The average molecular weight is 462 g/mol. The molecule has 1 atom stereocenters. The molecular weight excluding hydrogens is 442 g/mol. The summed E-state index contributed by atoms with van der Waals surface area (Å²) in [6.07, 6.45) is 5.90. The predicted molar refractivity (Wildman–Crippen MR) is 98.7 cm³/mol. The summed E-state index contributed by atoms with van der Waals surface area (Å²) in [5.74, 6) is 0.126. The molecule has 1 unspecified atom stereocenters. The van der Waals surface area contributed by atoms with Gasteiger partial charge in [-0.15, -0.1) is 13.2 Å². The Balaban J connectivity index is 0.000000321. The lowest BCUT2D eigenvalue weighted by molar-refractivity contribution is -0.0868. The maximum atomic E-state index is 13.7. The fraction of sp³-hybridized carbons (Fsp3) is 0.556. The molecule has 0 spiro atoms. The highest BCUT2D eigenvalue weighted by Gasteiger charge is 2.49. The molecule has 1 fully saturated rings. The van der Waals surface area contributed by atoms with Crippen molar-refractivity contribution in [1.82, 2.24) is 0 Å². The van der Waals surface area contributed by atoms with Gasteiger partial charge in [-0.25, -0.2) is 8.42 Å². The van der Waals surface area contributed by atoms with E-state index in [1.165, 1.54) is 0 Å². The van der Waals surface area contributed by atoms with E-state index in [0.717, 1.165) is 49.5 Å². The second-order valence-electron chi connectivity index (χ2n) is 6.76. The summed E-state index contributed by atoms with van der Waals surface area (Å²) in [6.45, 7) is 1.98. The van der Waals surface area contributed by atoms with Gasteiger partial charge in [0.1, 0.15) is 0 Å². The van der Waals surface area contributed by atoms with E-state index in [1.54, 1.807) is 6.07 Å². The highest BCUT2D eigenvalue weighted by molar-refractivity contribution is 7.86. The van der Waals surface area contributed by atoms with E-state index in [9.17, 15) is 26.3 Å². The molecule has 1 aliphatic carbocycles. The summed E-state index contributed by atoms with van der Waals surface area (Å²) in [6, 6.07) is 7.44. The van der Waals surface area contributed by atoms with E-state index in [-0.39, 0.29) is 5.92 Å². The monoisotopic (exact) mass is 462 g/mol. The van der Waals surface area contributed by atoms with Crippen LogP contribution < -0.4 is 0 Å². The van der Waals surface area contributed by atoms with Crippen LogP contribution in [0.3, 0.4) is 0 Å². The lowest BCUT2D eigenvalue weighted by Crippen LogP contribution is -2.21.